The molecule has 0 bridgehead atoms. The van der Waals surface area contributed by atoms with E-state index in [0.717, 1.165) is 37.4 Å². The van der Waals surface area contributed by atoms with Crippen LogP contribution in [-0.4, -0.2) is 28.2 Å². The molecule has 4 rings (SSSR count). The number of hydrogen-bond acceptors (Lipinski definition) is 3. The number of carbonyl (C=O) groups excluding carboxylic acids is 1. The van der Waals surface area contributed by atoms with E-state index in [1.807, 2.05) is 0 Å². The smallest absolute Gasteiger partial charge is 0.126 e. The minimum absolute atomic E-state index is 0.209. The van der Waals surface area contributed by atoms with Crippen molar-refractivity contribution < 1.29 is 15.0 Å². The van der Waals surface area contributed by atoms with E-state index in [2.05, 4.69) is 27.7 Å². The highest BCUT2D eigenvalue weighted by molar-refractivity contribution is 5.59. The first-order valence-electron chi connectivity index (χ1n) is 12.5. The second kappa shape index (κ2) is 7.62. The molecule has 0 aliphatic heterocycles. The van der Waals surface area contributed by atoms with Gasteiger partial charge in [0, 0.05) is 17.8 Å². The van der Waals surface area contributed by atoms with Crippen LogP contribution in [0.25, 0.3) is 0 Å². The summed E-state index contributed by atoms with van der Waals surface area (Å²) in [5.41, 5.74) is -0.888. The zero-order valence-electron chi connectivity index (χ0n) is 19.2. The minimum atomic E-state index is -1.01. The van der Waals surface area contributed by atoms with Crippen molar-refractivity contribution in [1.29, 1.82) is 0 Å². The maximum Gasteiger partial charge on any atom is 0.126 e. The lowest BCUT2D eigenvalue weighted by Gasteiger charge is -2.52. The molecule has 2 N–H and O–H groups in total. The van der Waals surface area contributed by atoms with Gasteiger partial charge >= 0.3 is 0 Å². The number of aldehydes is 1. The third-order valence-electron chi connectivity index (χ3n) is 10.6. The molecule has 5 unspecified atom stereocenters. The van der Waals surface area contributed by atoms with Gasteiger partial charge in [0.15, 0.2) is 0 Å². The number of carbonyl (C=O) groups is 1. The van der Waals surface area contributed by atoms with Crippen molar-refractivity contribution in [3.63, 3.8) is 0 Å². The molecule has 0 amide bonds. The highest BCUT2D eigenvalue weighted by Gasteiger charge is 2.71. The molecule has 0 aromatic rings. The highest BCUT2D eigenvalue weighted by Crippen LogP contribution is 2.72. The van der Waals surface area contributed by atoms with Crippen LogP contribution in [0, 0.1) is 46.3 Å². The van der Waals surface area contributed by atoms with Crippen LogP contribution < -0.4 is 0 Å². The summed E-state index contributed by atoms with van der Waals surface area (Å²) in [6.07, 6.45) is 12.9. The van der Waals surface area contributed by atoms with Gasteiger partial charge < -0.3 is 15.0 Å². The molecule has 29 heavy (non-hydrogen) atoms. The third-order valence-corrected chi connectivity index (χ3v) is 10.6. The van der Waals surface area contributed by atoms with Crippen LogP contribution in [0.5, 0.6) is 0 Å². The van der Waals surface area contributed by atoms with Crippen LogP contribution in [0.2, 0.25) is 0 Å². The molecule has 4 fully saturated rings. The van der Waals surface area contributed by atoms with Crippen molar-refractivity contribution in [3.05, 3.63) is 0 Å². The number of hydrogen-bond donors (Lipinski definition) is 2. The van der Waals surface area contributed by atoms with Crippen LogP contribution >= 0.6 is 0 Å². The van der Waals surface area contributed by atoms with Gasteiger partial charge in [-0.05, 0) is 80.0 Å². The van der Waals surface area contributed by atoms with E-state index in [4.69, 9.17) is 0 Å². The number of rotatable bonds is 6. The second-order valence-electron chi connectivity index (χ2n) is 12.2. The van der Waals surface area contributed by atoms with E-state index in [0.29, 0.717) is 29.6 Å². The highest BCUT2D eigenvalue weighted by atomic mass is 16.3. The lowest BCUT2D eigenvalue weighted by atomic mass is 9.54. The van der Waals surface area contributed by atoms with E-state index in [1.165, 1.54) is 44.9 Å². The molecule has 3 nitrogen and oxygen atoms in total. The Hall–Kier alpha value is -0.410. The van der Waals surface area contributed by atoms with E-state index in [9.17, 15) is 15.0 Å². The zero-order valence-corrected chi connectivity index (χ0v) is 19.2. The lowest BCUT2D eigenvalue weighted by molar-refractivity contribution is -0.156. The Morgan fingerprint density at radius 3 is 2.48 bits per heavy atom. The molecule has 4 aliphatic rings. The average molecular weight is 405 g/mol. The van der Waals surface area contributed by atoms with Crippen molar-refractivity contribution in [2.45, 2.75) is 110 Å². The minimum Gasteiger partial charge on any atom is -0.393 e. The first kappa shape index (κ1) is 21.8. The fourth-order valence-corrected chi connectivity index (χ4v) is 8.89. The first-order chi connectivity index (χ1) is 13.7. The number of aliphatic hydroxyl groups excluding tert-OH is 1. The fourth-order valence-electron chi connectivity index (χ4n) is 8.89. The molecular formula is C26H44O3. The second-order valence-corrected chi connectivity index (χ2v) is 12.2. The summed E-state index contributed by atoms with van der Waals surface area (Å²) >= 11 is 0. The van der Waals surface area contributed by atoms with Crippen molar-refractivity contribution in [1.82, 2.24) is 0 Å². The van der Waals surface area contributed by atoms with Crippen LogP contribution in [0.4, 0.5) is 0 Å². The lowest BCUT2D eigenvalue weighted by Crippen LogP contribution is -2.54. The summed E-state index contributed by atoms with van der Waals surface area (Å²) in [7, 11) is 0. The third kappa shape index (κ3) is 3.16. The molecule has 0 radical (unpaired) electrons. The molecule has 0 aromatic carbocycles. The summed E-state index contributed by atoms with van der Waals surface area (Å²) in [5, 5.41) is 22.2. The van der Waals surface area contributed by atoms with Crippen molar-refractivity contribution in [2.75, 3.05) is 0 Å². The molecule has 0 aromatic heterocycles. The molecule has 9 atom stereocenters. The van der Waals surface area contributed by atoms with Crippen molar-refractivity contribution in [2.24, 2.45) is 46.3 Å². The summed E-state index contributed by atoms with van der Waals surface area (Å²) in [5.74, 6) is 2.60. The predicted octanol–water partition coefficient (Wildman–Crippen LogP) is 5.37. The monoisotopic (exact) mass is 404 g/mol. The van der Waals surface area contributed by atoms with Crippen LogP contribution in [0.15, 0.2) is 0 Å². The maximum atomic E-state index is 12.4. The Morgan fingerprint density at radius 1 is 1.03 bits per heavy atom. The largest absolute Gasteiger partial charge is 0.393 e. The number of fused-ring (bicyclic) bond motifs is 5. The van der Waals surface area contributed by atoms with Gasteiger partial charge in [-0.15, -0.1) is 0 Å². The van der Waals surface area contributed by atoms with Gasteiger partial charge in [-0.2, -0.15) is 0 Å². The summed E-state index contributed by atoms with van der Waals surface area (Å²) in [6.45, 7) is 9.38. The zero-order chi connectivity index (χ0) is 21.0. The van der Waals surface area contributed by atoms with Gasteiger partial charge in [-0.1, -0.05) is 47.0 Å². The molecule has 0 saturated heterocycles. The Kier molecular flexibility index (Phi) is 5.73. The van der Waals surface area contributed by atoms with Gasteiger partial charge in [0.25, 0.3) is 0 Å². The van der Waals surface area contributed by atoms with Crippen LogP contribution in [0.1, 0.15) is 98.3 Å². The Morgan fingerprint density at radius 2 is 1.79 bits per heavy atom. The normalized spacial score (nSPS) is 51.6. The molecule has 3 heteroatoms. The molecule has 4 saturated carbocycles. The molecule has 0 heterocycles. The first-order valence-corrected chi connectivity index (χ1v) is 12.5. The quantitative estimate of drug-likeness (QED) is 0.462. The van der Waals surface area contributed by atoms with Gasteiger partial charge in [0.2, 0.25) is 0 Å². The van der Waals surface area contributed by atoms with Crippen molar-refractivity contribution >= 4 is 6.29 Å². The summed E-state index contributed by atoms with van der Waals surface area (Å²) in [4.78, 5) is 12.4. The van der Waals surface area contributed by atoms with Crippen LogP contribution in [-0.2, 0) is 4.79 Å². The Balaban J connectivity index is 1.56. The van der Waals surface area contributed by atoms with Gasteiger partial charge in [0.1, 0.15) is 6.29 Å². The maximum absolute atomic E-state index is 12.4. The van der Waals surface area contributed by atoms with Crippen LogP contribution in [0.3, 0.4) is 0 Å². The van der Waals surface area contributed by atoms with E-state index >= 15 is 0 Å². The van der Waals surface area contributed by atoms with Gasteiger partial charge in [0.05, 0.1) is 11.7 Å². The number of unbranched alkanes of at least 4 members (excludes halogenated alkanes) is 1. The van der Waals surface area contributed by atoms with Crippen molar-refractivity contribution in [3.8, 4) is 0 Å². The van der Waals surface area contributed by atoms with E-state index < -0.39 is 11.7 Å². The molecule has 4 aliphatic carbocycles. The predicted molar refractivity (Wildman–Crippen MR) is 116 cm³/mol. The average Bonchev–Trinajstić information content (AvgIpc) is 3.08. The van der Waals surface area contributed by atoms with Gasteiger partial charge in [-0.25, -0.2) is 0 Å². The molecule has 166 valence electrons. The number of aliphatic hydroxyl groups is 2. The molecular weight excluding hydrogens is 360 g/mol. The molecule has 0 spiro atoms. The Labute approximate surface area is 178 Å². The standard InChI is InChI=1S/C26H44O3/c1-17(2)7-5-6-8-18-9-10-20-23-21(12-13-24(18,20)3)25(4)14-11-19(28)15-26(25,29)22(23)16-27/h16-23,28-29H,5-15H2,1-4H3/t18-,19-,20?,21?,22?,23?,24?,25+,26+/m0/s1. The fraction of sp³-hybridized carbons (Fsp3) is 0.962. The topological polar surface area (TPSA) is 57.5 Å². The van der Waals surface area contributed by atoms with E-state index in [1.54, 1.807) is 0 Å². The SMILES string of the molecule is CC(C)CCCC[C@H]1CCC2C3C(C=O)[C@]4(O)C[C@@H](O)CC[C@]4(C)C3CCC21C. The van der Waals surface area contributed by atoms with Gasteiger partial charge in [-0.3, -0.25) is 0 Å². The van der Waals surface area contributed by atoms with E-state index in [-0.39, 0.29) is 11.3 Å². The summed E-state index contributed by atoms with van der Waals surface area (Å²) < 4.78 is 0. The Bertz CT molecular complexity index is 617. The summed E-state index contributed by atoms with van der Waals surface area (Å²) in [6, 6.07) is 0.